The highest BCUT2D eigenvalue weighted by atomic mass is 16.5. The van der Waals surface area contributed by atoms with Crippen molar-refractivity contribution in [3.8, 4) is 11.5 Å². The zero-order valence-electron chi connectivity index (χ0n) is 13.5. The second kappa shape index (κ2) is 5.85. The SMILES string of the molecule is COc1c2occc2c(OC[C@H](O)C(C)(C)O)c2ccc(=O)oc12. The number of benzene rings is 1. The zero-order chi connectivity index (χ0) is 17.5. The number of methoxy groups -OCH3 is 1. The van der Waals surface area contributed by atoms with Gasteiger partial charge in [0.25, 0.3) is 0 Å². The predicted octanol–water partition coefficient (Wildman–Crippen LogP) is 2.06. The molecule has 0 aliphatic rings. The lowest BCUT2D eigenvalue weighted by molar-refractivity contribution is -0.0658. The number of aliphatic hydroxyl groups excluding tert-OH is 1. The highest BCUT2D eigenvalue weighted by molar-refractivity contribution is 6.06. The molecule has 3 aromatic rings. The fraction of sp³-hybridized carbons (Fsp3) is 0.353. The Bertz CT molecular complexity index is 930. The summed E-state index contributed by atoms with van der Waals surface area (Å²) in [6.45, 7) is 2.82. The first-order valence-electron chi connectivity index (χ1n) is 7.37. The second-order valence-electron chi connectivity index (χ2n) is 6.00. The second-order valence-corrected chi connectivity index (χ2v) is 6.00. The molecule has 0 amide bonds. The molecule has 0 bridgehead atoms. The molecule has 1 aromatic carbocycles. The van der Waals surface area contributed by atoms with Crippen molar-refractivity contribution in [3.05, 3.63) is 34.9 Å². The van der Waals surface area contributed by atoms with E-state index in [1.54, 1.807) is 12.1 Å². The maximum atomic E-state index is 11.6. The lowest BCUT2D eigenvalue weighted by Crippen LogP contribution is -2.40. The molecule has 0 aliphatic carbocycles. The van der Waals surface area contributed by atoms with E-state index in [1.807, 2.05) is 0 Å². The van der Waals surface area contributed by atoms with E-state index in [0.29, 0.717) is 22.1 Å². The van der Waals surface area contributed by atoms with Gasteiger partial charge in [0, 0.05) is 6.07 Å². The van der Waals surface area contributed by atoms with Crippen LogP contribution < -0.4 is 15.1 Å². The average Bonchev–Trinajstić information content (AvgIpc) is 2.99. The largest absolute Gasteiger partial charge is 0.490 e. The van der Waals surface area contributed by atoms with Crippen molar-refractivity contribution in [2.24, 2.45) is 0 Å². The molecule has 0 saturated heterocycles. The number of hydrogen-bond acceptors (Lipinski definition) is 7. The third kappa shape index (κ3) is 2.72. The summed E-state index contributed by atoms with van der Waals surface area (Å²) >= 11 is 0. The zero-order valence-corrected chi connectivity index (χ0v) is 13.5. The van der Waals surface area contributed by atoms with E-state index in [4.69, 9.17) is 18.3 Å². The molecule has 0 aliphatic heterocycles. The smallest absolute Gasteiger partial charge is 0.336 e. The van der Waals surface area contributed by atoms with Crippen molar-refractivity contribution < 1.29 is 28.5 Å². The minimum absolute atomic E-state index is 0.148. The Morgan fingerprint density at radius 1 is 1.17 bits per heavy atom. The van der Waals surface area contributed by atoms with Gasteiger partial charge in [0.15, 0.2) is 11.2 Å². The van der Waals surface area contributed by atoms with Crippen LogP contribution in [0.2, 0.25) is 0 Å². The fourth-order valence-electron chi connectivity index (χ4n) is 2.38. The summed E-state index contributed by atoms with van der Waals surface area (Å²) in [5, 5.41) is 20.9. The van der Waals surface area contributed by atoms with Gasteiger partial charge in [0.1, 0.15) is 18.5 Å². The van der Waals surface area contributed by atoms with Crippen LogP contribution in [0.15, 0.2) is 38.1 Å². The number of fused-ring (bicyclic) bond motifs is 2. The summed E-state index contributed by atoms with van der Waals surface area (Å²) in [5.41, 5.74) is -1.29. The summed E-state index contributed by atoms with van der Waals surface area (Å²) < 4.78 is 21.7. The van der Waals surface area contributed by atoms with Crippen LogP contribution in [0.1, 0.15) is 13.8 Å². The molecule has 1 atom stereocenters. The molecule has 7 heteroatoms. The van der Waals surface area contributed by atoms with E-state index >= 15 is 0 Å². The molecule has 0 fully saturated rings. The summed E-state index contributed by atoms with van der Waals surface area (Å²) in [4.78, 5) is 11.6. The van der Waals surface area contributed by atoms with Gasteiger partial charge in [0.2, 0.25) is 5.75 Å². The van der Waals surface area contributed by atoms with E-state index in [9.17, 15) is 15.0 Å². The molecule has 3 rings (SSSR count). The van der Waals surface area contributed by atoms with Gasteiger partial charge in [-0.1, -0.05) is 0 Å². The van der Waals surface area contributed by atoms with Crippen molar-refractivity contribution in [3.63, 3.8) is 0 Å². The molecule has 2 N–H and O–H groups in total. The highest BCUT2D eigenvalue weighted by Gasteiger charge is 2.27. The van der Waals surface area contributed by atoms with E-state index in [0.717, 1.165) is 0 Å². The lowest BCUT2D eigenvalue weighted by Gasteiger charge is -2.24. The van der Waals surface area contributed by atoms with Crippen LogP contribution in [0.3, 0.4) is 0 Å². The Kier molecular flexibility index (Phi) is 3.98. The first kappa shape index (κ1) is 16.4. The molecule has 7 nitrogen and oxygen atoms in total. The van der Waals surface area contributed by atoms with Crippen molar-refractivity contribution in [1.29, 1.82) is 0 Å². The van der Waals surface area contributed by atoms with Crippen LogP contribution in [0.25, 0.3) is 21.9 Å². The minimum Gasteiger partial charge on any atom is -0.490 e. The van der Waals surface area contributed by atoms with E-state index in [1.165, 1.54) is 33.3 Å². The van der Waals surface area contributed by atoms with Crippen LogP contribution in [0.4, 0.5) is 0 Å². The molecule has 24 heavy (non-hydrogen) atoms. The highest BCUT2D eigenvalue weighted by Crippen LogP contribution is 2.42. The van der Waals surface area contributed by atoms with Gasteiger partial charge in [-0.25, -0.2) is 4.79 Å². The third-order valence-corrected chi connectivity index (χ3v) is 3.81. The van der Waals surface area contributed by atoms with Crippen LogP contribution >= 0.6 is 0 Å². The van der Waals surface area contributed by atoms with Gasteiger partial charge in [-0.3, -0.25) is 0 Å². The van der Waals surface area contributed by atoms with Crippen molar-refractivity contribution in [2.75, 3.05) is 13.7 Å². The molecule has 0 unspecified atom stereocenters. The summed E-state index contributed by atoms with van der Waals surface area (Å²) in [6.07, 6.45) is 0.357. The number of hydrogen-bond donors (Lipinski definition) is 2. The lowest BCUT2D eigenvalue weighted by atomic mass is 10.0. The van der Waals surface area contributed by atoms with Crippen molar-refractivity contribution >= 4 is 21.9 Å². The fourth-order valence-corrected chi connectivity index (χ4v) is 2.38. The summed E-state index contributed by atoms with van der Waals surface area (Å²) in [6, 6.07) is 4.52. The quantitative estimate of drug-likeness (QED) is 0.688. The number of furan rings is 1. The van der Waals surface area contributed by atoms with E-state index in [2.05, 4.69) is 0 Å². The first-order chi connectivity index (χ1) is 11.3. The molecule has 0 spiro atoms. The topological polar surface area (TPSA) is 102 Å². The summed E-state index contributed by atoms with van der Waals surface area (Å²) in [5.74, 6) is 0.666. The molecule has 0 radical (unpaired) electrons. The minimum atomic E-state index is -1.32. The van der Waals surface area contributed by atoms with Gasteiger partial charge >= 0.3 is 5.63 Å². The molecule has 2 aromatic heterocycles. The van der Waals surface area contributed by atoms with E-state index in [-0.39, 0.29) is 17.9 Å². The molecular weight excluding hydrogens is 316 g/mol. The molecule has 128 valence electrons. The van der Waals surface area contributed by atoms with Crippen molar-refractivity contribution in [2.45, 2.75) is 25.6 Å². The van der Waals surface area contributed by atoms with Crippen LogP contribution in [-0.2, 0) is 0 Å². The van der Waals surface area contributed by atoms with E-state index < -0.39 is 17.3 Å². The van der Waals surface area contributed by atoms with Gasteiger partial charge in [-0.2, -0.15) is 0 Å². The van der Waals surface area contributed by atoms with Crippen LogP contribution in [0, 0.1) is 0 Å². The normalized spacial score (nSPS) is 13.4. The van der Waals surface area contributed by atoms with Gasteiger partial charge < -0.3 is 28.5 Å². The maximum absolute atomic E-state index is 11.6. The number of aliphatic hydroxyl groups is 2. The Morgan fingerprint density at radius 2 is 1.88 bits per heavy atom. The maximum Gasteiger partial charge on any atom is 0.336 e. The third-order valence-electron chi connectivity index (χ3n) is 3.81. The predicted molar refractivity (Wildman–Crippen MR) is 86.6 cm³/mol. The Morgan fingerprint density at radius 3 is 2.54 bits per heavy atom. The van der Waals surface area contributed by atoms with Crippen LogP contribution in [0.5, 0.6) is 11.5 Å². The Hall–Kier alpha value is -2.51. The Labute approximate surface area is 137 Å². The first-order valence-corrected chi connectivity index (χ1v) is 7.37. The number of rotatable bonds is 5. The standard InChI is InChI=1S/C17H18O7/c1-17(2,20)11(18)8-23-13-9-4-5-12(19)24-15(9)16(21-3)14-10(13)6-7-22-14/h4-7,11,18,20H,8H2,1-3H3/t11-/m0/s1. The molecule has 0 saturated carbocycles. The molecule has 2 heterocycles. The van der Waals surface area contributed by atoms with Crippen LogP contribution in [-0.4, -0.2) is 35.6 Å². The average molecular weight is 334 g/mol. The van der Waals surface area contributed by atoms with Gasteiger partial charge in [-0.15, -0.1) is 0 Å². The number of ether oxygens (including phenoxy) is 2. The summed E-state index contributed by atoms with van der Waals surface area (Å²) in [7, 11) is 1.45. The Balaban J connectivity index is 2.18. The van der Waals surface area contributed by atoms with Gasteiger partial charge in [0.05, 0.1) is 29.7 Å². The molecular formula is C17H18O7. The van der Waals surface area contributed by atoms with Gasteiger partial charge in [-0.05, 0) is 26.0 Å². The van der Waals surface area contributed by atoms with Crippen molar-refractivity contribution in [1.82, 2.24) is 0 Å². The monoisotopic (exact) mass is 334 g/mol.